The molecule has 1 aromatic heterocycles. The van der Waals surface area contributed by atoms with Crippen molar-refractivity contribution in [3.8, 4) is 6.07 Å². The van der Waals surface area contributed by atoms with E-state index in [1.165, 1.54) is 16.2 Å². The van der Waals surface area contributed by atoms with Gasteiger partial charge < -0.3 is 9.64 Å². The minimum Gasteiger partial charge on any atom is -0.455 e. The standard InChI is InChI=1S/C19H21N3O3S/c1-13-7-14(2)9-17(8-13)22(6-4-5-20)18(23)11-25-19(24)10-16-12-26-15(3)21-16/h7-9,12H,4,6,10-11H2,1-3H3. The molecule has 7 heteroatoms. The zero-order valence-electron chi connectivity index (χ0n) is 15.1. The maximum absolute atomic E-state index is 12.6. The monoisotopic (exact) mass is 371 g/mol. The van der Waals surface area contributed by atoms with E-state index in [-0.39, 0.29) is 31.9 Å². The lowest BCUT2D eigenvalue weighted by atomic mass is 10.1. The molecule has 0 saturated carbocycles. The predicted molar refractivity (Wildman–Crippen MR) is 100 cm³/mol. The summed E-state index contributed by atoms with van der Waals surface area (Å²) in [6, 6.07) is 7.80. The molecule has 0 bridgehead atoms. The van der Waals surface area contributed by atoms with Gasteiger partial charge in [-0.2, -0.15) is 5.26 Å². The first-order chi connectivity index (χ1) is 12.4. The van der Waals surface area contributed by atoms with Crippen LogP contribution in [0.2, 0.25) is 0 Å². The van der Waals surface area contributed by atoms with Crippen LogP contribution >= 0.6 is 11.3 Å². The van der Waals surface area contributed by atoms with Crippen molar-refractivity contribution < 1.29 is 14.3 Å². The van der Waals surface area contributed by atoms with E-state index in [0.29, 0.717) is 11.4 Å². The summed E-state index contributed by atoms with van der Waals surface area (Å²) in [6.07, 6.45) is 0.240. The summed E-state index contributed by atoms with van der Waals surface area (Å²) in [5.74, 6) is -0.850. The van der Waals surface area contributed by atoms with Crippen LogP contribution in [0.3, 0.4) is 0 Å². The molecule has 0 unspecified atom stereocenters. The van der Waals surface area contributed by atoms with Crippen molar-refractivity contribution in [3.63, 3.8) is 0 Å². The third kappa shape index (κ3) is 5.67. The SMILES string of the molecule is Cc1cc(C)cc(N(CCC#N)C(=O)COC(=O)Cc2csc(C)n2)c1. The van der Waals surface area contributed by atoms with E-state index in [2.05, 4.69) is 4.98 Å². The van der Waals surface area contributed by atoms with E-state index in [4.69, 9.17) is 10.00 Å². The molecule has 1 amide bonds. The fraction of sp³-hybridized carbons (Fsp3) is 0.368. The first-order valence-corrected chi connectivity index (χ1v) is 9.09. The number of carbonyl (C=O) groups excluding carboxylic acids is 2. The van der Waals surface area contributed by atoms with Gasteiger partial charge in [0.25, 0.3) is 5.91 Å². The Morgan fingerprint density at radius 2 is 1.92 bits per heavy atom. The number of esters is 1. The number of anilines is 1. The van der Waals surface area contributed by atoms with Crippen molar-refractivity contribution in [2.24, 2.45) is 0 Å². The second-order valence-corrected chi connectivity index (χ2v) is 7.06. The molecule has 26 heavy (non-hydrogen) atoms. The number of nitrogens with zero attached hydrogens (tertiary/aromatic N) is 3. The molecule has 0 radical (unpaired) electrons. The number of aryl methyl sites for hydroxylation is 3. The summed E-state index contributed by atoms with van der Waals surface area (Å²) in [4.78, 5) is 30.2. The number of nitriles is 1. The molecule has 6 nitrogen and oxygen atoms in total. The molecule has 2 rings (SSSR count). The highest BCUT2D eigenvalue weighted by atomic mass is 32.1. The van der Waals surface area contributed by atoms with Crippen molar-refractivity contribution in [2.75, 3.05) is 18.1 Å². The molecule has 0 N–H and O–H groups in total. The summed E-state index contributed by atoms with van der Waals surface area (Å²) in [7, 11) is 0. The van der Waals surface area contributed by atoms with E-state index >= 15 is 0 Å². The molecule has 0 aliphatic heterocycles. The highest BCUT2D eigenvalue weighted by molar-refractivity contribution is 7.09. The van der Waals surface area contributed by atoms with Gasteiger partial charge in [-0.15, -0.1) is 11.3 Å². The maximum Gasteiger partial charge on any atom is 0.312 e. The number of benzene rings is 1. The Kier molecular flexibility index (Phi) is 6.87. The average Bonchev–Trinajstić information content (AvgIpc) is 2.97. The van der Waals surface area contributed by atoms with Crippen LogP contribution in [-0.2, 0) is 20.7 Å². The largest absolute Gasteiger partial charge is 0.455 e. The van der Waals surface area contributed by atoms with Crippen molar-refractivity contribution in [2.45, 2.75) is 33.6 Å². The van der Waals surface area contributed by atoms with Gasteiger partial charge in [0, 0.05) is 17.6 Å². The van der Waals surface area contributed by atoms with E-state index in [0.717, 1.165) is 16.1 Å². The van der Waals surface area contributed by atoms with Crippen LogP contribution in [0.25, 0.3) is 0 Å². The minimum atomic E-state index is -0.496. The Labute approximate surface area is 157 Å². The van der Waals surface area contributed by atoms with Crippen LogP contribution in [0.15, 0.2) is 23.6 Å². The third-order valence-corrected chi connectivity index (χ3v) is 4.44. The van der Waals surface area contributed by atoms with Gasteiger partial charge in [0.1, 0.15) is 0 Å². The molecule has 0 spiro atoms. The lowest BCUT2D eigenvalue weighted by molar-refractivity contribution is -0.147. The molecule has 0 atom stereocenters. The van der Waals surface area contributed by atoms with E-state index < -0.39 is 5.97 Å². The van der Waals surface area contributed by atoms with Crippen LogP contribution in [0, 0.1) is 32.1 Å². The number of ether oxygens (including phenoxy) is 1. The van der Waals surface area contributed by atoms with Gasteiger partial charge in [-0.1, -0.05) is 6.07 Å². The third-order valence-electron chi connectivity index (χ3n) is 3.62. The van der Waals surface area contributed by atoms with Crippen LogP contribution in [0.4, 0.5) is 5.69 Å². The van der Waals surface area contributed by atoms with Crippen LogP contribution < -0.4 is 4.90 Å². The predicted octanol–water partition coefficient (Wildman–Crippen LogP) is 3.10. The summed E-state index contributed by atoms with van der Waals surface area (Å²) in [6.45, 7) is 5.64. The first-order valence-electron chi connectivity index (χ1n) is 8.21. The molecule has 0 fully saturated rings. The van der Waals surface area contributed by atoms with Crippen LogP contribution in [0.1, 0.15) is 28.2 Å². The lowest BCUT2D eigenvalue weighted by Gasteiger charge is -2.22. The zero-order chi connectivity index (χ0) is 19.1. The van der Waals surface area contributed by atoms with E-state index in [1.54, 1.807) is 5.38 Å². The number of rotatable bonds is 7. The van der Waals surface area contributed by atoms with E-state index in [9.17, 15) is 9.59 Å². The summed E-state index contributed by atoms with van der Waals surface area (Å²) in [5.41, 5.74) is 3.38. The highest BCUT2D eigenvalue weighted by Gasteiger charge is 2.18. The molecule has 2 aromatic rings. The zero-order valence-corrected chi connectivity index (χ0v) is 15.9. The Hall–Kier alpha value is -2.72. The molecule has 1 heterocycles. The van der Waals surface area contributed by atoms with Gasteiger partial charge in [-0.25, -0.2) is 4.98 Å². The number of hydrogen-bond donors (Lipinski definition) is 0. The molecule has 0 saturated heterocycles. The van der Waals surface area contributed by atoms with Gasteiger partial charge in [0.15, 0.2) is 6.61 Å². The Morgan fingerprint density at radius 3 is 2.50 bits per heavy atom. The Balaban J connectivity index is 2.02. The number of amides is 1. The lowest BCUT2D eigenvalue weighted by Crippen LogP contribution is -2.35. The van der Waals surface area contributed by atoms with Gasteiger partial charge in [0.05, 0.1) is 29.6 Å². The van der Waals surface area contributed by atoms with Crippen LogP contribution in [-0.4, -0.2) is 30.0 Å². The number of hydrogen-bond acceptors (Lipinski definition) is 6. The number of carbonyl (C=O) groups is 2. The highest BCUT2D eigenvalue weighted by Crippen LogP contribution is 2.19. The smallest absolute Gasteiger partial charge is 0.312 e. The molecular formula is C19H21N3O3S. The normalized spacial score (nSPS) is 10.2. The van der Waals surface area contributed by atoms with Gasteiger partial charge in [-0.05, 0) is 44.0 Å². The van der Waals surface area contributed by atoms with E-state index in [1.807, 2.05) is 45.0 Å². The minimum absolute atomic E-state index is 0.0410. The van der Waals surface area contributed by atoms with Crippen molar-refractivity contribution >= 4 is 28.9 Å². The average molecular weight is 371 g/mol. The van der Waals surface area contributed by atoms with Crippen molar-refractivity contribution in [1.29, 1.82) is 5.26 Å². The quantitative estimate of drug-likeness (QED) is 0.698. The Morgan fingerprint density at radius 1 is 1.23 bits per heavy atom. The second-order valence-electron chi connectivity index (χ2n) is 5.99. The van der Waals surface area contributed by atoms with Crippen LogP contribution in [0.5, 0.6) is 0 Å². The van der Waals surface area contributed by atoms with Gasteiger partial charge in [0.2, 0.25) is 0 Å². The molecule has 136 valence electrons. The number of aromatic nitrogens is 1. The second kappa shape index (κ2) is 9.11. The van der Waals surface area contributed by atoms with Gasteiger partial charge >= 0.3 is 5.97 Å². The maximum atomic E-state index is 12.6. The van der Waals surface area contributed by atoms with Crippen molar-refractivity contribution in [3.05, 3.63) is 45.4 Å². The number of thiazole rings is 1. The summed E-state index contributed by atoms with van der Waals surface area (Å²) < 4.78 is 5.11. The molecule has 0 aliphatic carbocycles. The topological polar surface area (TPSA) is 83.3 Å². The summed E-state index contributed by atoms with van der Waals surface area (Å²) in [5, 5.41) is 11.5. The first kappa shape index (κ1) is 19.6. The van der Waals surface area contributed by atoms with Gasteiger partial charge in [-0.3, -0.25) is 9.59 Å². The van der Waals surface area contributed by atoms with Crippen molar-refractivity contribution in [1.82, 2.24) is 4.98 Å². The fourth-order valence-corrected chi connectivity index (χ4v) is 3.19. The molecule has 1 aromatic carbocycles. The Bertz CT molecular complexity index is 819. The summed E-state index contributed by atoms with van der Waals surface area (Å²) >= 11 is 1.46. The molecule has 0 aliphatic rings. The molecular weight excluding hydrogens is 350 g/mol. The fourth-order valence-electron chi connectivity index (χ4n) is 2.57.